The minimum atomic E-state index is 0.287. The van der Waals surface area contributed by atoms with Gasteiger partial charge in [-0.1, -0.05) is 91.0 Å². The summed E-state index contributed by atoms with van der Waals surface area (Å²) in [5, 5.41) is 10.0. The third-order valence-corrected chi connectivity index (χ3v) is 5.56. The minimum Gasteiger partial charge on any atom is -0.489 e. The van der Waals surface area contributed by atoms with Crippen LogP contribution >= 0.6 is 0 Å². The minimum absolute atomic E-state index is 0.287. The van der Waals surface area contributed by atoms with E-state index < -0.39 is 0 Å². The van der Waals surface area contributed by atoms with Gasteiger partial charge in [0, 0.05) is 17.3 Å². The van der Waals surface area contributed by atoms with E-state index in [1.807, 2.05) is 115 Å². The number of aliphatic imine (C=N–C) groups is 1. The zero-order valence-corrected chi connectivity index (χ0v) is 19.0. The number of hydrogen-bond acceptors (Lipinski definition) is 4. The lowest BCUT2D eigenvalue weighted by molar-refractivity contribution is 0.306. The van der Waals surface area contributed by atoms with Crippen molar-refractivity contribution in [3.63, 3.8) is 0 Å². The molecule has 0 unspecified atom stereocenters. The van der Waals surface area contributed by atoms with Gasteiger partial charge in [0.05, 0.1) is 0 Å². The molecule has 5 rings (SSSR count). The lowest BCUT2D eigenvalue weighted by Crippen LogP contribution is -1.94. The van der Waals surface area contributed by atoms with Crippen molar-refractivity contribution in [3.8, 4) is 34.3 Å². The van der Waals surface area contributed by atoms with E-state index in [0.717, 1.165) is 33.6 Å². The quantitative estimate of drug-likeness (QED) is 0.236. The summed E-state index contributed by atoms with van der Waals surface area (Å²) in [6.45, 7) is 0.511. The number of benzene rings is 4. The van der Waals surface area contributed by atoms with E-state index in [1.165, 1.54) is 0 Å². The van der Waals surface area contributed by atoms with Crippen molar-refractivity contribution in [3.05, 3.63) is 132 Å². The van der Waals surface area contributed by atoms with Gasteiger partial charge in [0.1, 0.15) is 29.7 Å². The Balaban J connectivity index is 1.42. The Morgan fingerprint density at radius 3 is 1.97 bits per heavy atom. The van der Waals surface area contributed by atoms with Crippen molar-refractivity contribution in [1.82, 2.24) is 0 Å². The second-order valence-electron chi connectivity index (χ2n) is 7.93. The first-order chi connectivity index (χ1) is 17.3. The molecule has 0 atom stereocenters. The molecule has 0 saturated carbocycles. The van der Waals surface area contributed by atoms with Crippen molar-refractivity contribution in [2.75, 3.05) is 0 Å². The van der Waals surface area contributed by atoms with Crippen molar-refractivity contribution in [2.24, 2.45) is 4.99 Å². The molecular weight excluding hydrogens is 432 g/mol. The zero-order chi connectivity index (χ0) is 23.9. The predicted octanol–water partition coefficient (Wildman–Crippen LogP) is 7.81. The maximum Gasteiger partial charge on any atom is 0.238 e. The van der Waals surface area contributed by atoms with Crippen LogP contribution in [-0.2, 0) is 6.61 Å². The SMILES string of the molecule is N#Cc1c(/N=C/c2ccc(OCc3ccccc3)cc2)oc(-c2ccccc2)c1-c1ccccc1. The topological polar surface area (TPSA) is 58.5 Å². The van der Waals surface area contributed by atoms with Gasteiger partial charge in [0.2, 0.25) is 5.88 Å². The first kappa shape index (κ1) is 21.9. The fourth-order valence-corrected chi connectivity index (χ4v) is 3.81. The van der Waals surface area contributed by atoms with Crippen LogP contribution < -0.4 is 4.74 Å². The molecule has 0 saturated heterocycles. The van der Waals surface area contributed by atoms with E-state index >= 15 is 0 Å². The molecule has 0 aliphatic carbocycles. The highest BCUT2D eigenvalue weighted by Crippen LogP contribution is 2.42. The standard InChI is InChI=1S/C31H22N2O2/c32-20-28-29(25-12-6-2-7-13-25)30(26-14-8-3-9-15-26)35-31(28)33-21-23-16-18-27(19-17-23)34-22-24-10-4-1-5-11-24/h1-19,21H,22H2/b33-21+. The Morgan fingerprint density at radius 2 is 1.34 bits per heavy atom. The molecule has 168 valence electrons. The predicted molar refractivity (Wildman–Crippen MR) is 139 cm³/mol. The highest BCUT2D eigenvalue weighted by atomic mass is 16.5. The summed E-state index contributed by atoms with van der Waals surface area (Å²) in [6.07, 6.45) is 1.70. The molecule has 0 spiro atoms. The zero-order valence-electron chi connectivity index (χ0n) is 19.0. The van der Waals surface area contributed by atoms with Gasteiger partial charge in [0.25, 0.3) is 0 Å². The molecule has 1 heterocycles. The molecule has 4 aromatic carbocycles. The van der Waals surface area contributed by atoms with Crippen LogP contribution in [0.1, 0.15) is 16.7 Å². The molecule has 0 fully saturated rings. The third kappa shape index (κ3) is 5.05. The molecule has 0 radical (unpaired) electrons. The van der Waals surface area contributed by atoms with Crippen LogP contribution in [0.4, 0.5) is 5.88 Å². The average molecular weight is 455 g/mol. The van der Waals surface area contributed by atoms with Crippen LogP contribution in [0.2, 0.25) is 0 Å². The number of nitriles is 1. The third-order valence-electron chi connectivity index (χ3n) is 5.56. The maximum atomic E-state index is 10.0. The average Bonchev–Trinajstić information content (AvgIpc) is 3.31. The molecule has 4 nitrogen and oxygen atoms in total. The summed E-state index contributed by atoms with van der Waals surface area (Å²) in [5.74, 6) is 1.69. The van der Waals surface area contributed by atoms with Crippen LogP contribution in [-0.4, -0.2) is 6.21 Å². The van der Waals surface area contributed by atoms with Crippen molar-refractivity contribution < 1.29 is 9.15 Å². The monoisotopic (exact) mass is 454 g/mol. The molecule has 0 N–H and O–H groups in total. The van der Waals surface area contributed by atoms with Gasteiger partial charge in [-0.15, -0.1) is 0 Å². The highest BCUT2D eigenvalue weighted by Gasteiger charge is 2.22. The van der Waals surface area contributed by atoms with Crippen LogP contribution in [0.15, 0.2) is 125 Å². The van der Waals surface area contributed by atoms with Crippen LogP contribution in [0, 0.1) is 11.3 Å². The lowest BCUT2D eigenvalue weighted by atomic mass is 9.98. The van der Waals surface area contributed by atoms with Crippen molar-refractivity contribution in [1.29, 1.82) is 5.26 Å². The Morgan fingerprint density at radius 1 is 0.743 bits per heavy atom. The smallest absolute Gasteiger partial charge is 0.238 e. The van der Waals surface area contributed by atoms with Gasteiger partial charge in [0.15, 0.2) is 0 Å². The summed E-state index contributed by atoms with van der Waals surface area (Å²) >= 11 is 0. The van der Waals surface area contributed by atoms with E-state index in [9.17, 15) is 5.26 Å². The molecule has 5 aromatic rings. The van der Waals surface area contributed by atoms with E-state index in [2.05, 4.69) is 11.1 Å². The number of ether oxygens (including phenoxy) is 1. The molecule has 0 bridgehead atoms. The summed E-state index contributed by atoms with van der Waals surface area (Å²) in [7, 11) is 0. The Bertz CT molecular complexity index is 1460. The Hall–Kier alpha value is -4.88. The summed E-state index contributed by atoms with van der Waals surface area (Å²) < 4.78 is 12.0. The number of furan rings is 1. The normalized spacial score (nSPS) is 10.8. The molecule has 1 aromatic heterocycles. The molecule has 0 aliphatic rings. The highest BCUT2D eigenvalue weighted by molar-refractivity contribution is 5.89. The molecular formula is C31H22N2O2. The van der Waals surface area contributed by atoms with Gasteiger partial charge >= 0.3 is 0 Å². The first-order valence-corrected chi connectivity index (χ1v) is 11.3. The van der Waals surface area contributed by atoms with Gasteiger partial charge < -0.3 is 9.15 Å². The Labute approximate surface area is 204 Å². The van der Waals surface area contributed by atoms with Crippen LogP contribution in [0.25, 0.3) is 22.5 Å². The van der Waals surface area contributed by atoms with E-state index in [-0.39, 0.29) is 5.88 Å². The fraction of sp³-hybridized carbons (Fsp3) is 0.0323. The fourth-order valence-electron chi connectivity index (χ4n) is 3.81. The van der Waals surface area contributed by atoms with Crippen LogP contribution in [0.3, 0.4) is 0 Å². The van der Waals surface area contributed by atoms with E-state index in [4.69, 9.17) is 9.15 Å². The van der Waals surface area contributed by atoms with Gasteiger partial charge in [-0.25, -0.2) is 4.99 Å². The second kappa shape index (κ2) is 10.4. The number of hydrogen-bond donors (Lipinski definition) is 0. The van der Waals surface area contributed by atoms with Gasteiger partial charge in [-0.05, 0) is 41.0 Å². The van der Waals surface area contributed by atoms with E-state index in [0.29, 0.717) is 17.9 Å². The molecule has 0 amide bonds. The van der Waals surface area contributed by atoms with E-state index in [1.54, 1.807) is 6.21 Å². The summed E-state index contributed by atoms with van der Waals surface area (Å²) in [4.78, 5) is 4.55. The van der Waals surface area contributed by atoms with Gasteiger partial charge in [-0.2, -0.15) is 5.26 Å². The summed E-state index contributed by atoms with van der Waals surface area (Å²) in [5.41, 5.74) is 4.95. The largest absolute Gasteiger partial charge is 0.489 e. The van der Waals surface area contributed by atoms with Crippen LogP contribution in [0.5, 0.6) is 5.75 Å². The first-order valence-electron chi connectivity index (χ1n) is 11.3. The van der Waals surface area contributed by atoms with Crippen molar-refractivity contribution in [2.45, 2.75) is 6.61 Å². The second-order valence-corrected chi connectivity index (χ2v) is 7.93. The van der Waals surface area contributed by atoms with Crippen molar-refractivity contribution >= 4 is 12.1 Å². The maximum absolute atomic E-state index is 10.0. The Kier molecular flexibility index (Phi) is 6.50. The molecule has 0 aliphatic heterocycles. The van der Waals surface area contributed by atoms with Gasteiger partial charge in [-0.3, -0.25) is 0 Å². The lowest BCUT2D eigenvalue weighted by Gasteiger charge is -2.06. The molecule has 35 heavy (non-hydrogen) atoms. The number of nitrogens with zero attached hydrogens (tertiary/aromatic N) is 2. The number of rotatable bonds is 7. The summed E-state index contributed by atoms with van der Waals surface area (Å²) in [6, 6.07) is 39.6. The molecule has 4 heteroatoms.